The van der Waals surface area contributed by atoms with Crippen molar-refractivity contribution in [3.8, 4) is 5.75 Å². The monoisotopic (exact) mass is 354 g/mol. The fourth-order valence-corrected chi connectivity index (χ4v) is 2.47. The quantitative estimate of drug-likeness (QED) is 0.665. The van der Waals surface area contributed by atoms with Crippen molar-refractivity contribution >= 4 is 29.1 Å². The molecule has 2 aromatic carbocycles. The zero-order valence-electron chi connectivity index (χ0n) is 14.1. The standard InChI is InChI=1S/C19H19ClN4O/c1-13-10-18(21-12-14-6-8-15(20)9-7-14)24-19(22-13)23-16-4-3-5-17(11-16)25-2/h3-11H,12H2,1-2H3,(H2,21,22,23,24). The molecule has 6 heteroatoms. The first-order chi connectivity index (χ1) is 12.1. The van der Waals surface area contributed by atoms with Crippen LogP contribution in [0.2, 0.25) is 5.02 Å². The van der Waals surface area contributed by atoms with E-state index in [1.807, 2.05) is 61.5 Å². The molecule has 3 rings (SSSR count). The van der Waals surface area contributed by atoms with E-state index in [1.165, 1.54) is 0 Å². The van der Waals surface area contributed by atoms with Gasteiger partial charge in [0.2, 0.25) is 5.95 Å². The van der Waals surface area contributed by atoms with Gasteiger partial charge in [0, 0.05) is 35.1 Å². The van der Waals surface area contributed by atoms with Gasteiger partial charge in [0.15, 0.2) is 0 Å². The van der Waals surface area contributed by atoms with Crippen molar-refractivity contribution < 1.29 is 4.74 Å². The lowest BCUT2D eigenvalue weighted by molar-refractivity contribution is 0.415. The number of ether oxygens (including phenoxy) is 1. The maximum atomic E-state index is 5.91. The third-order valence-electron chi connectivity index (χ3n) is 3.57. The van der Waals surface area contributed by atoms with E-state index in [9.17, 15) is 0 Å². The summed E-state index contributed by atoms with van der Waals surface area (Å²) in [5.74, 6) is 2.07. The van der Waals surface area contributed by atoms with Crippen molar-refractivity contribution in [1.82, 2.24) is 9.97 Å². The van der Waals surface area contributed by atoms with Crippen LogP contribution in [0, 0.1) is 6.92 Å². The summed E-state index contributed by atoms with van der Waals surface area (Å²) in [4.78, 5) is 8.95. The summed E-state index contributed by atoms with van der Waals surface area (Å²) in [7, 11) is 1.64. The molecule has 0 radical (unpaired) electrons. The molecular weight excluding hydrogens is 336 g/mol. The third-order valence-corrected chi connectivity index (χ3v) is 3.82. The molecule has 0 unspecified atom stereocenters. The van der Waals surface area contributed by atoms with Gasteiger partial charge in [0.1, 0.15) is 11.6 Å². The van der Waals surface area contributed by atoms with E-state index in [0.717, 1.165) is 33.5 Å². The highest BCUT2D eigenvalue weighted by molar-refractivity contribution is 6.30. The minimum Gasteiger partial charge on any atom is -0.497 e. The largest absolute Gasteiger partial charge is 0.497 e. The van der Waals surface area contributed by atoms with Crippen molar-refractivity contribution in [3.05, 3.63) is 70.9 Å². The number of halogens is 1. The minimum atomic E-state index is 0.534. The zero-order valence-corrected chi connectivity index (χ0v) is 14.8. The van der Waals surface area contributed by atoms with Gasteiger partial charge in [-0.25, -0.2) is 4.98 Å². The molecule has 0 spiro atoms. The Kier molecular flexibility index (Phi) is 5.36. The first-order valence-electron chi connectivity index (χ1n) is 7.87. The van der Waals surface area contributed by atoms with E-state index in [-0.39, 0.29) is 0 Å². The average Bonchev–Trinajstić information content (AvgIpc) is 2.61. The molecule has 1 aromatic heterocycles. The average molecular weight is 355 g/mol. The highest BCUT2D eigenvalue weighted by atomic mass is 35.5. The first kappa shape index (κ1) is 17.0. The third kappa shape index (κ3) is 4.84. The van der Waals surface area contributed by atoms with Gasteiger partial charge >= 0.3 is 0 Å². The predicted octanol–water partition coefficient (Wildman–Crippen LogP) is 4.80. The van der Waals surface area contributed by atoms with Crippen LogP contribution < -0.4 is 15.4 Å². The van der Waals surface area contributed by atoms with Crippen molar-refractivity contribution in [2.75, 3.05) is 17.7 Å². The molecular formula is C19H19ClN4O. The Balaban J connectivity index is 1.72. The molecule has 0 aliphatic rings. The van der Waals surface area contributed by atoms with Crippen LogP contribution in [-0.2, 0) is 6.54 Å². The minimum absolute atomic E-state index is 0.534. The molecule has 25 heavy (non-hydrogen) atoms. The van der Waals surface area contributed by atoms with Crippen LogP contribution >= 0.6 is 11.6 Å². The molecule has 128 valence electrons. The molecule has 3 aromatic rings. The van der Waals surface area contributed by atoms with Crippen LogP contribution in [0.15, 0.2) is 54.6 Å². The number of rotatable bonds is 6. The van der Waals surface area contributed by atoms with Gasteiger partial charge < -0.3 is 15.4 Å². The summed E-state index contributed by atoms with van der Waals surface area (Å²) in [6.45, 7) is 2.60. The first-order valence-corrected chi connectivity index (χ1v) is 8.25. The highest BCUT2D eigenvalue weighted by Gasteiger charge is 2.04. The smallest absolute Gasteiger partial charge is 0.229 e. The Hall–Kier alpha value is -2.79. The number of nitrogens with zero attached hydrogens (tertiary/aromatic N) is 2. The number of hydrogen-bond acceptors (Lipinski definition) is 5. The Morgan fingerprint density at radius 1 is 1.04 bits per heavy atom. The molecule has 0 fully saturated rings. The number of methoxy groups -OCH3 is 1. The topological polar surface area (TPSA) is 59.1 Å². The molecule has 0 amide bonds. The SMILES string of the molecule is COc1cccc(Nc2nc(C)cc(NCc3ccc(Cl)cc3)n2)c1. The maximum Gasteiger partial charge on any atom is 0.229 e. The summed E-state index contributed by atoms with van der Waals surface area (Å²) in [5.41, 5.74) is 2.87. The second-order valence-corrected chi connectivity index (χ2v) is 5.99. The fraction of sp³-hybridized carbons (Fsp3) is 0.158. The number of nitrogens with one attached hydrogen (secondary N) is 2. The predicted molar refractivity (Wildman–Crippen MR) is 102 cm³/mol. The molecule has 1 heterocycles. The van der Waals surface area contributed by atoms with Crippen LogP contribution in [0.25, 0.3) is 0 Å². The Morgan fingerprint density at radius 3 is 2.60 bits per heavy atom. The van der Waals surface area contributed by atoms with Crippen LogP contribution in [0.3, 0.4) is 0 Å². The van der Waals surface area contributed by atoms with Crippen LogP contribution in [0.5, 0.6) is 5.75 Å². The van der Waals surface area contributed by atoms with Gasteiger partial charge in [-0.3, -0.25) is 0 Å². The second-order valence-electron chi connectivity index (χ2n) is 5.56. The number of aryl methyl sites for hydroxylation is 1. The van der Waals surface area contributed by atoms with Crippen molar-refractivity contribution in [2.45, 2.75) is 13.5 Å². The van der Waals surface area contributed by atoms with E-state index in [4.69, 9.17) is 16.3 Å². The number of anilines is 3. The van der Waals surface area contributed by atoms with Gasteiger partial charge in [-0.1, -0.05) is 29.8 Å². The number of benzene rings is 2. The molecule has 0 atom stereocenters. The summed E-state index contributed by atoms with van der Waals surface area (Å²) in [5, 5.41) is 7.25. The van der Waals surface area contributed by atoms with E-state index in [2.05, 4.69) is 20.6 Å². The van der Waals surface area contributed by atoms with Crippen molar-refractivity contribution in [1.29, 1.82) is 0 Å². The summed E-state index contributed by atoms with van der Waals surface area (Å²) in [6, 6.07) is 17.3. The summed E-state index contributed by atoms with van der Waals surface area (Å²) in [6.07, 6.45) is 0. The second kappa shape index (κ2) is 7.85. The van der Waals surface area contributed by atoms with Crippen LogP contribution in [0.4, 0.5) is 17.5 Å². The van der Waals surface area contributed by atoms with E-state index in [1.54, 1.807) is 7.11 Å². The zero-order chi connectivity index (χ0) is 17.6. The lowest BCUT2D eigenvalue weighted by atomic mass is 10.2. The normalized spacial score (nSPS) is 10.4. The summed E-state index contributed by atoms with van der Waals surface area (Å²) >= 11 is 5.91. The van der Waals surface area contributed by atoms with Gasteiger partial charge in [-0.2, -0.15) is 4.98 Å². The number of hydrogen-bond donors (Lipinski definition) is 2. The molecule has 0 aliphatic heterocycles. The Bertz CT molecular complexity index is 852. The van der Waals surface area contributed by atoms with E-state index < -0.39 is 0 Å². The van der Waals surface area contributed by atoms with E-state index in [0.29, 0.717) is 12.5 Å². The molecule has 0 saturated heterocycles. The summed E-state index contributed by atoms with van der Waals surface area (Å²) < 4.78 is 5.23. The van der Waals surface area contributed by atoms with Gasteiger partial charge in [0.05, 0.1) is 7.11 Å². The van der Waals surface area contributed by atoms with E-state index >= 15 is 0 Å². The maximum absolute atomic E-state index is 5.91. The van der Waals surface area contributed by atoms with Gasteiger partial charge in [-0.15, -0.1) is 0 Å². The lowest BCUT2D eigenvalue weighted by Crippen LogP contribution is -2.05. The Labute approximate surface area is 152 Å². The van der Waals surface area contributed by atoms with Crippen LogP contribution in [-0.4, -0.2) is 17.1 Å². The highest BCUT2D eigenvalue weighted by Crippen LogP contribution is 2.21. The van der Waals surface area contributed by atoms with Gasteiger partial charge in [0.25, 0.3) is 0 Å². The molecule has 0 bridgehead atoms. The molecule has 0 saturated carbocycles. The van der Waals surface area contributed by atoms with Crippen LogP contribution in [0.1, 0.15) is 11.3 Å². The molecule has 5 nitrogen and oxygen atoms in total. The molecule has 2 N–H and O–H groups in total. The molecule has 0 aliphatic carbocycles. The Morgan fingerprint density at radius 2 is 1.84 bits per heavy atom. The van der Waals surface area contributed by atoms with Crippen molar-refractivity contribution in [2.24, 2.45) is 0 Å². The fourth-order valence-electron chi connectivity index (χ4n) is 2.34. The van der Waals surface area contributed by atoms with Gasteiger partial charge in [-0.05, 0) is 36.8 Å². The lowest BCUT2D eigenvalue weighted by Gasteiger charge is -2.11. The van der Waals surface area contributed by atoms with Crippen molar-refractivity contribution in [3.63, 3.8) is 0 Å². The number of aromatic nitrogens is 2.